The second kappa shape index (κ2) is 8.74. The predicted molar refractivity (Wildman–Crippen MR) is 68.8 cm³/mol. The lowest BCUT2D eigenvalue weighted by Crippen LogP contribution is -2.33. The molecule has 0 fully saturated rings. The van der Waals surface area contributed by atoms with Crippen LogP contribution in [0.5, 0.6) is 0 Å². The van der Waals surface area contributed by atoms with Crippen LogP contribution in [0.2, 0.25) is 0 Å². The van der Waals surface area contributed by atoms with E-state index in [4.69, 9.17) is 4.74 Å². The van der Waals surface area contributed by atoms with Crippen LogP contribution in [0, 0.1) is 0 Å². The lowest BCUT2D eigenvalue weighted by atomic mass is 10.2. The van der Waals surface area contributed by atoms with E-state index >= 15 is 0 Å². The Kier molecular flexibility index (Phi) is 7.47. The number of rotatable bonds is 8. The molecule has 0 aromatic heterocycles. The van der Waals surface area contributed by atoms with E-state index in [2.05, 4.69) is 30.1 Å². The number of nitrogens with one attached hydrogen (secondary N) is 1. The van der Waals surface area contributed by atoms with Gasteiger partial charge in [-0.2, -0.15) is 0 Å². The summed E-state index contributed by atoms with van der Waals surface area (Å²) in [5.41, 5.74) is 1.41. The fraction of sp³-hybridized carbons (Fsp3) is 0.846. The topological polar surface area (TPSA) is 24.5 Å². The smallest absolute Gasteiger partial charge is 0.0689 e. The van der Waals surface area contributed by atoms with Crippen molar-refractivity contribution in [1.29, 1.82) is 0 Å². The highest BCUT2D eigenvalue weighted by Gasteiger charge is 2.03. The highest BCUT2D eigenvalue weighted by Crippen LogP contribution is 2.03. The Labute approximate surface area is 99.8 Å². The molecule has 1 heterocycles. The van der Waals surface area contributed by atoms with Gasteiger partial charge < -0.3 is 15.0 Å². The molecule has 1 rings (SSSR count). The maximum Gasteiger partial charge on any atom is 0.0689 e. The third-order valence-electron chi connectivity index (χ3n) is 2.93. The summed E-state index contributed by atoms with van der Waals surface area (Å²) in [6.45, 7) is 11.8. The van der Waals surface area contributed by atoms with Crippen molar-refractivity contribution in [3.05, 3.63) is 11.6 Å². The van der Waals surface area contributed by atoms with Crippen molar-refractivity contribution < 1.29 is 4.74 Å². The Bertz CT molecular complexity index is 204. The summed E-state index contributed by atoms with van der Waals surface area (Å²) in [4.78, 5) is 2.48. The standard InChI is InChI=1S/C13H26N2O/c1-3-8-15(4-2)9-7-14-11-13-6-5-10-16-12-13/h6,14H,3-5,7-12H2,1-2H3. The second-order valence-corrected chi connectivity index (χ2v) is 4.31. The van der Waals surface area contributed by atoms with Gasteiger partial charge in [-0.05, 0) is 31.5 Å². The van der Waals surface area contributed by atoms with Gasteiger partial charge in [0.25, 0.3) is 0 Å². The highest BCUT2D eigenvalue weighted by atomic mass is 16.5. The van der Waals surface area contributed by atoms with Crippen LogP contribution in [-0.4, -0.2) is 50.8 Å². The molecule has 0 unspecified atom stereocenters. The first kappa shape index (κ1) is 13.7. The van der Waals surface area contributed by atoms with Gasteiger partial charge in [0.05, 0.1) is 13.2 Å². The van der Waals surface area contributed by atoms with Gasteiger partial charge in [0, 0.05) is 19.6 Å². The van der Waals surface area contributed by atoms with Crippen LogP contribution in [0.1, 0.15) is 26.7 Å². The van der Waals surface area contributed by atoms with E-state index in [0.717, 1.165) is 45.8 Å². The SMILES string of the molecule is CCCN(CC)CCNCC1=CCCOC1. The molecule has 0 spiro atoms. The third-order valence-corrected chi connectivity index (χ3v) is 2.93. The van der Waals surface area contributed by atoms with E-state index in [-0.39, 0.29) is 0 Å². The first-order valence-corrected chi connectivity index (χ1v) is 6.55. The molecule has 1 aliphatic rings. The van der Waals surface area contributed by atoms with E-state index in [9.17, 15) is 0 Å². The van der Waals surface area contributed by atoms with Crippen LogP contribution in [-0.2, 0) is 4.74 Å². The van der Waals surface area contributed by atoms with E-state index in [1.165, 1.54) is 18.5 Å². The molecule has 0 aromatic rings. The summed E-state index contributed by atoms with van der Waals surface area (Å²) in [5, 5.41) is 3.49. The molecule has 3 heteroatoms. The van der Waals surface area contributed by atoms with Gasteiger partial charge in [0.2, 0.25) is 0 Å². The molecule has 94 valence electrons. The Morgan fingerprint density at radius 2 is 2.25 bits per heavy atom. The van der Waals surface area contributed by atoms with Crippen LogP contribution >= 0.6 is 0 Å². The fourth-order valence-electron chi connectivity index (χ4n) is 1.96. The minimum Gasteiger partial charge on any atom is -0.377 e. The minimum absolute atomic E-state index is 0.819. The summed E-state index contributed by atoms with van der Waals surface area (Å²) in [6.07, 6.45) is 4.63. The zero-order valence-corrected chi connectivity index (χ0v) is 10.8. The summed E-state index contributed by atoms with van der Waals surface area (Å²) in [5.74, 6) is 0. The van der Waals surface area contributed by atoms with Crippen molar-refractivity contribution in [2.45, 2.75) is 26.7 Å². The van der Waals surface area contributed by atoms with Gasteiger partial charge in [0.1, 0.15) is 0 Å². The van der Waals surface area contributed by atoms with Crippen molar-refractivity contribution in [2.75, 3.05) is 45.9 Å². The first-order chi connectivity index (χ1) is 7.86. The Morgan fingerprint density at radius 1 is 1.38 bits per heavy atom. The van der Waals surface area contributed by atoms with Gasteiger partial charge in [-0.15, -0.1) is 0 Å². The molecule has 0 aromatic carbocycles. The summed E-state index contributed by atoms with van der Waals surface area (Å²) in [7, 11) is 0. The number of ether oxygens (including phenoxy) is 1. The van der Waals surface area contributed by atoms with Crippen molar-refractivity contribution >= 4 is 0 Å². The Balaban J connectivity index is 2.03. The number of nitrogens with zero attached hydrogens (tertiary/aromatic N) is 1. The molecule has 1 aliphatic heterocycles. The van der Waals surface area contributed by atoms with Gasteiger partial charge in [-0.3, -0.25) is 0 Å². The Morgan fingerprint density at radius 3 is 2.88 bits per heavy atom. The third kappa shape index (κ3) is 5.64. The molecular weight excluding hydrogens is 200 g/mol. The van der Waals surface area contributed by atoms with Crippen molar-refractivity contribution in [3.8, 4) is 0 Å². The number of hydrogen-bond acceptors (Lipinski definition) is 3. The molecule has 0 atom stereocenters. The molecule has 0 aliphatic carbocycles. The highest BCUT2D eigenvalue weighted by molar-refractivity contribution is 5.06. The molecule has 1 N–H and O–H groups in total. The molecule has 3 nitrogen and oxygen atoms in total. The van der Waals surface area contributed by atoms with E-state index in [1.54, 1.807) is 0 Å². The molecule has 0 radical (unpaired) electrons. The largest absolute Gasteiger partial charge is 0.377 e. The van der Waals surface area contributed by atoms with Gasteiger partial charge in [-0.1, -0.05) is 19.9 Å². The molecule has 0 saturated carbocycles. The zero-order valence-electron chi connectivity index (χ0n) is 10.8. The normalized spacial score (nSPS) is 16.6. The van der Waals surface area contributed by atoms with Gasteiger partial charge >= 0.3 is 0 Å². The Hall–Kier alpha value is -0.380. The second-order valence-electron chi connectivity index (χ2n) is 4.31. The van der Waals surface area contributed by atoms with E-state index in [1.807, 2.05) is 0 Å². The number of hydrogen-bond donors (Lipinski definition) is 1. The zero-order chi connectivity index (χ0) is 11.6. The van der Waals surface area contributed by atoms with Crippen LogP contribution < -0.4 is 5.32 Å². The molecule has 0 bridgehead atoms. The van der Waals surface area contributed by atoms with Crippen molar-refractivity contribution in [1.82, 2.24) is 10.2 Å². The monoisotopic (exact) mass is 226 g/mol. The first-order valence-electron chi connectivity index (χ1n) is 6.55. The minimum atomic E-state index is 0.819. The summed E-state index contributed by atoms with van der Waals surface area (Å²) >= 11 is 0. The number of likely N-dealkylation sites (N-methyl/N-ethyl adjacent to an activating group) is 1. The summed E-state index contributed by atoms with van der Waals surface area (Å²) in [6, 6.07) is 0. The average Bonchev–Trinajstić information content (AvgIpc) is 2.34. The van der Waals surface area contributed by atoms with Crippen LogP contribution in [0.25, 0.3) is 0 Å². The molecule has 16 heavy (non-hydrogen) atoms. The van der Waals surface area contributed by atoms with Gasteiger partial charge in [-0.25, -0.2) is 0 Å². The quantitative estimate of drug-likeness (QED) is 0.503. The summed E-state index contributed by atoms with van der Waals surface area (Å²) < 4.78 is 5.40. The van der Waals surface area contributed by atoms with Crippen LogP contribution in [0.3, 0.4) is 0 Å². The lowest BCUT2D eigenvalue weighted by Gasteiger charge is -2.20. The lowest BCUT2D eigenvalue weighted by molar-refractivity contribution is 0.148. The molecular formula is C13H26N2O. The average molecular weight is 226 g/mol. The fourth-order valence-corrected chi connectivity index (χ4v) is 1.96. The van der Waals surface area contributed by atoms with Crippen LogP contribution in [0.15, 0.2) is 11.6 Å². The van der Waals surface area contributed by atoms with Crippen molar-refractivity contribution in [3.63, 3.8) is 0 Å². The van der Waals surface area contributed by atoms with Crippen molar-refractivity contribution in [2.24, 2.45) is 0 Å². The van der Waals surface area contributed by atoms with E-state index < -0.39 is 0 Å². The molecule has 0 saturated heterocycles. The molecule has 0 amide bonds. The van der Waals surface area contributed by atoms with Gasteiger partial charge in [0.15, 0.2) is 0 Å². The predicted octanol–water partition coefficient (Wildman–Crippen LogP) is 1.65. The van der Waals surface area contributed by atoms with E-state index in [0.29, 0.717) is 0 Å². The maximum atomic E-state index is 5.40. The van der Waals surface area contributed by atoms with Crippen LogP contribution in [0.4, 0.5) is 0 Å². The maximum absolute atomic E-state index is 5.40.